The molecule has 0 saturated heterocycles. The number of hydrogen-bond acceptors (Lipinski definition) is 4. The highest BCUT2D eigenvalue weighted by atomic mass is 35.5. The Balaban J connectivity index is 2.85. The second-order valence-electron chi connectivity index (χ2n) is 3.65. The summed E-state index contributed by atoms with van der Waals surface area (Å²) in [5.41, 5.74) is 13.3. The van der Waals surface area contributed by atoms with Crippen LogP contribution in [0.3, 0.4) is 0 Å². The van der Waals surface area contributed by atoms with E-state index in [0.717, 1.165) is 12.1 Å². The average Bonchev–Trinajstić information content (AvgIpc) is 2.33. The number of nitrogen functional groups attached to an aromatic ring is 1. The van der Waals surface area contributed by atoms with E-state index in [4.69, 9.17) is 22.9 Å². The molecular weight excluding hydrogens is 263 g/mol. The fourth-order valence-electron chi connectivity index (χ4n) is 1.40. The Kier molecular flexibility index (Phi) is 5.18. The molecule has 18 heavy (non-hydrogen) atoms. The van der Waals surface area contributed by atoms with Crippen LogP contribution in [0.15, 0.2) is 17.2 Å². The smallest absolute Gasteiger partial charge is 0.146 e. The maximum atomic E-state index is 13.2. The predicted octanol–water partition coefficient (Wildman–Crippen LogP) is 2.16. The van der Waals surface area contributed by atoms with Crippen molar-refractivity contribution in [2.75, 3.05) is 12.3 Å². The maximum absolute atomic E-state index is 13.2. The topological polar surface area (TPSA) is 115 Å². The molecule has 0 amide bonds. The fraction of sp³-hybridized carbons (Fsp3) is 0.400. The standard InChI is InChI=1S/C10H12ClFN4O2/c11-6-4-8(13)7(12)3-5(6)10(18)9(17)1-2-15-16-14/h3-4,9-10,17-18H,1-2,13H2. The number of aliphatic hydroxyl groups is 2. The molecule has 0 aliphatic rings. The van der Waals surface area contributed by atoms with Crippen LogP contribution in [-0.2, 0) is 0 Å². The molecule has 98 valence electrons. The number of aliphatic hydroxyl groups excluding tert-OH is 2. The van der Waals surface area contributed by atoms with Gasteiger partial charge in [-0.05, 0) is 24.1 Å². The SMILES string of the molecule is [N-]=[N+]=NCCC(O)C(O)c1cc(F)c(N)cc1Cl. The van der Waals surface area contributed by atoms with E-state index in [9.17, 15) is 14.6 Å². The Morgan fingerprint density at radius 2 is 2.17 bits per heavy atom. The van der Waals surface area contributed by atoms with Crippen LogP contribution in [0, 0.1) is 5.82 Å². The molecule has 0 aliphatic heterocycles. The molecule has 2 unspecified atom stereocenters. The Hall–Kier alpha value is -1.53. The zero-order valence-corrected chi connectivity index (χ0v) is 10.0. The first-order chi connectivity index (χ1) is 8.47. The maximum Gasteiger partial charge on any atom is 0.146 e. The van der Waals surface area contributed by atoms with Crippen molar-refractivity contribution in [3.63, 3.8) is 0 Å². The quantitative estimate of drug-likeness (QED) is 0.331. The second-order valence-corrected chi connectivity index (χ2v) is 4.06. The third-order valence-corrected chi connectivity index (χ3v) is 2.71. The van der Waals surface area contributed by atoms with Gasteiger partial charge >= 0.3 is 0 Å². The van der Waals surface area contributed by atoms with Crippen molar-refractivity contribution < 1.29 is 14.6 Å². The lowest BCUT2D eigenvalue weighted by Crippen LogP contribution is -2.19. The Morgan fingerprint density at radius 3 is 2.78 bits per heavy atom. The summed E-state index contributed by atoms with van der Waals surface area (Å²) in [5.74, 6) is -0.726. The van der Waals surface area contributed by atoms with Gasteiger partial charge in [0.05, 0.1) is 11.8 Å². The normalized spacial score (nSPS) is 13.8. The van der Waals surface area contributed by atoms with Gasteiger partial charge in [0.15, 0.2) is 0 Å². The Labute approximate surface area is 107 Å². The van der Waals surface area contributed by atoms with Crippen LogP contribution in [0.4, 0.5) is 10.1 Å². The highest BCUT2D eigenvalue weighted by molar-refractivity contribution is 6.31. The molecule has 0 saturated carbocycles. The van der Waals surface area contributed by atoms with Crippen LogP contribution in [0.25, 0.3) is 10.4 Å². The number of rotatable bonds is 5. The minimum atomic E-state index is -1.37. The monoisotopic (exact) mass is 274 g/mol. The Morgan fingerprint density at radius 1 is 1.50 bits per heavy atom. The van der Waals surface area contributed by atoms with Gasteiger partial charge in [0.25, 0.3) is 0 Å². The van der Waals surface area contributed by atoms with Gasteiger partial charge < -0.3 is 15.9 Å². The van der Waals surface area contributed by atoms with Crippen molar-refractivity contribution in [3.05, 3.63) is 39.0 Å². The lowest BCUT2D eigenvalue weighted by Gasteiger charge is -2.19. The van der Waals surface area contributed by atoms with Crippen LogP contribution in [0.2, 0.25) is 5.02 Å². The van der Waals surface area contributed by atoms with E-state index in [-0.39, 0.29) is 29.2 Å². The van der Waals surface area contributed by atoms with Crippen molar-refractivity contribution in [1.82, 2.24) is 0 Å². The van der Waals surface area contributed by atoms with Gasteiger partial charge in [-0.25, -0.2) is 4.39 Å². The van der Waals surface area contributed by atoms with Gasteiger partial charge in [-0.2, -0.15) is 0 Å². The molecule has 8 heteroatoms. The number of nitrogens with two attached hydrogens (primary N) is 1. The highest BCUT2D eigenvalue weighted by Gasteiger charge is 2.21. The van der Waals surface area contributed by atoms with Crippen LogP contribution < -0.4 is 5.73 Å². The zero-order valence-electron chi connectivity index (χ0n) is 9.29. The first-order valence-electron chi connectivity index (χ1n) is 5.08. The molecule has 0 aromatic heterocycles. The third kappa shape index (κ3) is 3.48. The molecule has 0 fully saturated rings. The summed E-state index contributed by atoms with van der Waals surface area (Å²) in [4.78, 5) is 2.51. The van der Waals surface area contributed by atoms with Crippen molar-refractivity contribution >= 4 is 17.3 Å². The number of azide groups is 1. The van der Waals surface area contributed by atoms with E-state index in [2.05, 4.69) is 10.0 Å². The first kappa shape index (κ1) is 14.5. The van der Waals surface area contributed by atoms with E-state index in [1.165, 1.54) is 0 Å². The summed E-state index contributed by atoms with van der Waals surface area (Å²) in [5, 5.41) is 22.7. The molecule has 0 bridgehead atoms. The van der Waals surface area contributed by atoms with Crippen molar-refractivity contribution in [2.45, 2.75) is 18.6 Å². The lowest BCUT2D eigenvalue weighted by molar-refractivity contribution is 0.0149. The van der Waals surface area contributed by atoms with Gasteiger partial charge in [-0.3, -0.25) is 0 Å². The van der Waals surface area contributed by atoms with E-state index in [1.54, 1.807) is 0 Å². The largest absolute Gasteiger partial charge is 0.396 e. The van der Waals surface area contributed by atoms with Gasteiger partial charge in [0.2, 0.25) is 0 Å². The van der Waals surface area contributed by atoms with Gasteiger partial charge in [0.1, 0.15) is 11.9 Å². The lowest BCUT2D eigenvalue weighted by atomic mass is 10.0. The summed E-state index contributed by atoms with van der Waals surface area (Å²) in [6.07, 6.45) is -2.55. The molecule has 2 atom stereocenters. The van der Waals surface area contributed by atoms with Crippen LogP contribution in [0.1, 0.15) is 18.1 Å². The molecule has 4 N–H and O–H groups in total. The third-order valence-electron chi connectivity index (χ3n) is 2.39. The zero-order chi connectivity index (χ0) is 13.7. The molecule has 1 aromatic carbocycles. The predicted molar refractivity (Wildman–Crippen MR) is 65.4 cm³/mol. The summed E-state index contributed by atoms with van der Waals surface area (Å²) in [6.45, 7) is 0.0177. The Bertz CT molecular complexity index is 479. The molecular formula is C10H12ClFN4O2. The van der Waals surface area contributed by atoms with E-state index >= 15 is 0 Å². The van der Waals surface area contributed by atoms with E-state index < -0.39 is 18.0 Å². The van der Waals surface area contributed by atoms with Gasteiger partial charge in [-0.15, -0.1) is 0 Å². The summed E-state index contributed by atoms with van der Waals surface area (Å²) < 4.78 is 13.2. The van der Waals surface area contributed by atoms with E-state index in [0.29, 0.717) is 0 Å². The summed E-state index contributed by atoms with van der Waals surface area (Å²) >= 11 is 5.80. The van der Waals surface area contributed by atoms with Gasteiger partial charge in [-0.1, -0.05) is 16.7 Å². The molecule has 0 heterocycles. The van der Waals surface area contributed by atoms with Crippen molar-refractivity contribution in [1.29, 1.82) is 0 Å². The van der Waals surface area contributed by atoms with E-state index in [1.807, 2.05) is 0 Å². The van der Waals surface area contributed by atoms with Crippen LogP contribution >= 0.6 is 11.6 Å². The first-order valence-corrected chi connectivity index (χ1v) is 5.46. The number of nitrogens with zero attached hydrogens (tertiary/aromatic N) is 3. The highest BCUT2D eigenvalue weighted by Crippen LogP contribution is 2.30. The van der Waals surface area contributed by atoms with Crippen molar-refractivity contribution in [3.8, 4) is 0 Å². The number of halogens is 2. The van der Waals surface area contributed by atoms with Crippen molar-refractivity contribution in [2.24, 2.45) is 5.11 Å². The van der Waals surface area contributed by atoms with Gasteiger partial charge in [0, 0.05) is 22.0 Å². The molecule has 1 rings (SSSR count). The summed E-state index contributed by atoms with van der Waals surface area (Å²) in [7, 11) is 0. The number of hydrogen-bond donors (Lipinski definition) is 3. The van der Waals surface area contributed by atoms with Crippen LogP contribution in [-0.4, -0.2) is 22.9 Å². The number of benzene rings is 1. The molecule has 0 spiro atoms. The molecule has 0 aliphatic carbocycles. The fourth-order valence-corrected chi connectivity index (χ4v) is 1.69. The second kappa shape index (κ2) is 6.42. The molecule has 1 aromatic rings. The minimum absolute atomic E-state index is 0.0177. The molecule has 0 radical (unpaired) electrons. The van der Waals surface area contributed by atoms with Crippen LogP contribution in [0.5, 0.6) is 0 Å². The summed E-state index contributed by atoms with van der Waals surface area (Å²) in [6, 6.07) is 2.13. The minimum Gasteiger partial charge on any atom is -0.396 e. The average molecular weight is 275 g/mol. The molecule has 6 nitrogen and oxygen atoms in total. The number of anilines is 1.